The molecule has 3 nitrogen and oxygen atoms in total. The van der Waals surface area contributed by atoms with Gasteiger partial charge in [0, 0.05) is 12.6 Å². The van der Waals surface area contributed by atoms with Crippen molar-refractivity contribution in [1.82, 2.24) is 0 Å². The van der Waals surface area contributed by atoms with Gasteiger partial charge >= 0.3 is 37.7 Å². The van der Waals surface area contributed by atoms with Crippen LogP contribution in [0.25, 0.3) is 0 Å². The van der Waals surface area contributed by atoms with Gasteiger partial charge in [-0.3, -0.25) is 4.79 Å². The van der Waals surface area contributed by atoms with Gasteiger partial charge in [-0.15, -0.1) is 0 Å². The van der Waals surface area contributed by atoms with E-state index in [1.807, 2.05) is 0 Å². The fourth-order valence-electron chi connectivity index (χ4n) is 0.748. The first-order chi connectivity index (χ1) is 5.18. The van der Waals surface area contributed by atoms with Crippen molar-refractivity contribution in [2.45, 2.75) is 6.92 Å². The zero-order valence-electron chi connectivity index (χ0n) is 6.16. The Morgan fingerprint density at radius 2 is 1.83 bits per heavy atom. The van der Waals surface area contributed by atoms with E-state index in [1.54, 1.807) is 12.1 Å². The number of phenols is 1. The molecule has 0 bridgehead atoms. The minimum atomic E-state index is -0.115. The molecule has 0 aliphatic rings. The molecule has 12 heavy (non-hydrogen) atoms. The number of hydrogen-bond acceptors (Lipinski definition) is 2. The van der Waals surface area contributed by atoms with Crippen LogP contribution in [-0.4, -0.2) is 48.8 Å². The zero-order chi connectivity index (χ0) is 8.27. The second kappa shape index (κ2) is 5.40. The van der Waals surface area contributed by atoms with Crippen molar-refractivity contribution in [3.8, 4) is 5.75 Å². The Labute approximate surface area is 101 Å². The molecule has 1 rings (SSSR count). The molecule has 0 aromatic heterocycles. The van der Waals surface area contributed by atoms with Crippen LogP contribution in [-0.2, 0) is 4.79 Å². The standard InChI is InChI=1S/C8H9NO2.Ca.2H/c1-6(10)9-7-2-4-8(11)5-3-7;;;/h2-5,11H,1H3,(H,9,10);;;. The third-order valence-electron chi connectivity index (χ3n) is 1.19. The number of anilines is 1. The number of benzene rings is 1. The molecule has 0 aliphatic carbocycles. The van der Waals surface area contributed by atoms with Gasteiger partial charge in [0.05, 0.1) is 0 Å². The number of aromatic hydroxyl groups is 1. The summed E-state index contributed by atoms with van der Waals surface area (Å²) in [7, 11) is 0. The molecule has 2 N–H and O–H groups in total. The fourth-order valence-corrected chi connectivity index (χ4v) is 0.748. The molecule has 0 saturated heterocycles. The Bertz CT molecular complexity index is 258. The molecular formula is C8H11CaNO2. The van der Waals surface area contributed by atoms with E-state index < -0.39 is 0 Å². The van der Waals surface area contributed by atoms with Gasteiger partial charge in [-0.2, -0.15) is 0 Å². The average Bonchev–Trinajstić information content (AvgIpc) is 1.93. The molecule has 1 amide bonds. The van der Waals surface area contributed by atoms with E-state index in [4.69, 9.17) is 5.11 Å². The van der Waals surface area contributed by atoms with Gasteiger partial charge < -0.3 is 10.4 Å². The van der Waals surface area contributed by atoms with Crippen LogP contribution in [0.1, 0.15) is 6.92 Å². The molecule has 0 unspecified atom stereocenters. The van der Waals surface area contributed by atoms with Crippen molar-refractivity contribution in [2.24, 2.45) is 0 Å². The van der Waals surface area contributed by atoms with Crippen molar-refractivity contribution in [1.29, 1.82) is 0 Å². The molecular weight excluding hydrogens is 182 g/mol. The molecule has 1 aromatic rings. The molecule has 0 fully saturated rings. The monoisotopic (exact) mass is 193 g/mol. The number of phenolic OH excluding ortho intramolecular Hbond substituents is 1. The first-order valence-corrected chi connectivity index (χ1v) is 3.25. The minimum absolute atomic E-state index is 0. The Balaban J connectivity index is 0.00000121. The third-order valence-corrected chi connectivity index (χ3v) is 1.19. The predicted molar refractivity (Wildman–Crippen MR) is 51.0 cm³/mol. The predicted octanol–water partition coefficient (Wildman–Crippen LogP) is 0.434. The summed E-state index contributed by atoms with van der Waals surface area (Å²) >= 11 is 0. The number of carbonyl (C=O) groups is 1. The van der Waals surface area contributed by atoms with E-state index in [0.29, 0.717) is 5.69 Å². The molecule has 0 radical (unpaired) electrons. The van der Waals surface area contributed by atoms with Crippen LogP contribution in [0.2, 0.25) is 0 Å². The molecule has 0 atom stereocenters. The van der Waals surface area contributed by atoms with Crippen LogP contribution < -0.4 is 5.32 Å². The number of amides is 1. The molecule has 0 aliphatic heterocycles. The third kappa shape index (κ3) is 3.95. The van der Waals surface area contributed by atoms with Crippen LogP contribution in [0.5, 0.6) is 5.75 Å². The summed E-state index contributed by atoms with van der Waals surface area (Å²) in [6, 6.07) is 6.31. The van der Waals surface area contributed by atoms with E-state index in [2.05, 4.69) is 5.32 Å². The Kier molecular flexibility index (Phi) is 5.29. The van der Waals surface area contributed by atoms with Crippen LogP contribution in [0.15, 0.2) is 24.3 Å². The van der Waals surface area contributed by atoms with Gasteiger partial charge in [0.25, 0.3) is 0 Å². The summed E-state index contributed by atoms with van der Waals surface area (Å²) in [5, 5.41) is 11.5. The molecule has 0 saturated carbocycles. The quantitative estimate of drug-likeness (QED) is 0.502. The first-order valence-electron chi connectivity index (χ1n) is 3.25. The van der Waals surface area contributed by atoms with Crippen LogP contribution >= 0.6 is 0 Å². The van der Waals surface area contributed by atoms with E-state index >= 15 is 0 Å². The van der Waals surface area contributed by atoms with Gasteiger partial charge in [0.2, 0.25) is 5.91 Å². The Hall–Kier alpha value is -0.250. The van der Waals surface area contributed by atoms with E-state index in [9.17, 15) is 4.79 Å². The summed E-state index contributed by atoms with van der Waals surface area (Å²) in [6.45, 7) is 1.44. The number of carbonyl (C=O) groups excluding carboxylic acids is 1. The maximum absolute atomic E-state index is 10.5. The number of nitrogens with one attached hydrogen (secondary N) is 1. The van der Waals surface area contributed by atoms with Gasteiger partial charge in [0.1, 0.15) is 5.75 Å². The van der Waals surface area contributed by atoms with Crippen molar-refractivity contribution >= 4 is 49.3 Å². The van der Waals surface area contributed by atoms with Gasteiger partial charge in [0.15, 0.2) is 0 Å². The summed E-state index contributed by atoms with van der Waals surface area (Å²) in [5.74, 6) is 0.0785. The van der Waals surface area contributed by atoms with Crippen molar-refractivity contribution in [3.05, 3.63) is 24.3 Å². The summed E-state index contributed by atoms with van der Waals surface area (Å²) in [6.07, 6.45) is 0. The summed E-state index contributed by atoms with van der Waals surface area (Å²) in [5.41, 5.74) is 0.690. The van der Waals surface area contributed by atoms with Crippen LogP contribution in [0.4, 0.5) is 5.69 Å². The summed E-state index contributed by atoms with van der Waals surface area (Å²) < 4.78 is 0. The van der Waals surface area contributed by atoms with Crippen molar-refractivity contribution in [3.63, 3.8) is 0 Å². The van der Waals surface area contributed by atoms with Crippen molar-refractivity contribution in [2.75, 3.05) is 5.32 Å². The van der Waals surface area contributed by atoms with Crippen LogP contribution in [0.3, 0.4) is 0 Å². The average molecular weight is 193 g/mol. The SMILES string of the molecule is CC(=O)Nc1ccc(O)cc1.[CaH2]. The van der Waals surface area contributed by atoms with Gasteiger partial charge in [-0.05, 0) is 24.3 Å². The molecule has 4 heteroatoms. The molecule has 0 heterocycles. The van der Waals surface area contributed by atoms with Crippen molar-refractivity contribution < 1.29 is 9.90 Å². The Morgan fingerprint density at radius 3 is 2.25 bits per heavy atom. The van der Waals surface area contributed by atoms with Crippen LogP contribution in [0, 0.1) is 0 Å². The maximum atomic E-state index is 10.5. The molecule has 0 spiro atoms. The van der Waals surface area contributed by atoms with E-state index in [1.165, 1.54) is 19.1 Å². The topological polar surface area (TPSA) is 49.3 Å². The van der Waals surface area contributed by atoms with E-state index in [0.717, 1.165) is 0 Å². The van der Waals surface area contributed by atoms with Gasteiger partial charge in [-0.25, -0.2) is 0 Å². The molecule has 1 aromatic carbocycles. The normalized spacial score (nSPS) is 8.42. The first kappa shape index (κ1) is 11.7. The fraction of sp³-hybridized carbons (Fsp3) is 0.125. The second-order valence-electron chi connectivity index (χ2n) is 2.23. The summed E-state index contributed by atoms with van der Waals surface area (Å²) in [4.78, 5) is 10.5. The van der Waals surface area contributed by atoms with E-state index in [-0.39, 0.29) is 49.4 Å². The second-order valence-corrected chi connectivity index (χ2v) is 2.23. The Morgan fingerprint density at radius 1 is 1.33 bits per heavy atom. The number of hydrogen-bond donors (Lipinski definition) is 2. The zero-order valence-corrected chi connectivity index (χ0v) is 6.16. The molecule has 62 valence electrons. The van der Waals surface area contributed by atoms with Gasteiger partial charge in [-0.1, -0.05) is 0 Å². The number of rotatable bonds is 1.